The minimum atomic E-state index is -1.03. The number of carbonyl (C=O) groups is 4. The second kappa shape index (κ2) is 10.8. The molecule has 38 heavy (non-hydrogen) atoms. The Hall–Kier alpha value is -4.63. The monoisotopic (exact) mass is 534 g/mol. The molecule has 0 unspecified atom stereocenters. The highest BCUT2D eigenvalue weighted by Gasteiger charge is 2.37. The lowest BCUT2D eigenvalue weighted by molar-refractivity contribution is -0.122. The molecule has 3 aromatic rings. The van der Waals surface area contributed by atoms with Crippen molar-refractivity contribution in [2.75, 3.05) is 12.0 Å². The topological polar surface area (TPSA) is 122 Å². The number of hydrogen-bond donors (Lipinski definition) is 2. The van der Waals surface area contributed by atoms with Gasteiger partial charge in [0.1, 0.15) is 12.2 Å². The second-order valence-electron chi connectivity index (χ2n) is 8.55. The summed E-state index contributed by atoms with van der Waals surface area (Å²) in [6, 6.07) is 13.5. The van der Waals surface area contributed by atoms with Crippen molar-refractivity contribution in [1.82, 2.24) is 5.32 Å². The number of carboxylic acid groups (broad SMARTS) is 1. The van der Waals surface area contributed by atoms with E-state index >= 15 is 0 Å². The van der Waals surface area contributed by atoms with Crippen LogP contribution in [0.3, 0.4) is 0 Å². The zero-order valence-electron chi connectivity index (χ0n) is 20.7. The number of hydrogen-bond acceptors (Lipinski definition) is 6. The quantitative estimate of drug-likeness (QED) is 0.326. The van der Waals surface area contributed by atoms with Crippen LogP contribution in [-0.2, 0) is 16.2 Å². The number of barbiturate groups is 1. The Morgan fingerprint density at radius 2 is 1.74 bits per heavy atom. The van der Waals surface area contributed by atoms with E-state index in [1.54, 1.807) is 36.4 Å². The number of halogens is 1. The molecule has 4 rings (SSSR count). The maximum Gasteiger partial charge on any atom is 0.335 e. The molecule has 1 saturated heterocycles. The highest BCUT2D eigenvalue weighted by molar-refractivity contribution is 6.39. The molecule has 0 aliphatic carbocycles. The minimum Gasteiger partial charge on any atom is -0.493 e. The number of carbonyl (C=O) groups excluding carboxylic acids is 3. The Kier molecular flexibility index (Phi) is 7.50. The van der Waals surface area contributed by atoms with E-state index in [4.69, 9.17) is 26.2 Å². The number of nitrogens with one attached hydrogen (secondary N) is 1. The van der Waals surface area contributed by atoms with Crippen LogP contribution >= 0.6 is 11.6 Å². The van der Waals surface area contributed by atoms with Crippen LogP contribution in [-0.4, -0.2) is 36.0 Å². The first-order chi connectivity index (χ1) is 18.1. The summed E-state index contributed by atoms with van der Waals surface area (Å²) >= 11 is 6.45. The normalized spacial score (nSPS) is 14.5. The van der Waals surface area contributed by atoms with Gasteiger partial charge in [-0.05, 0) is 78.6 Å². The van der Waals surface area contributed by atoms with Crippen molar-refractivity contribution in [1.29, 1.82) is 0 Å². The molecule has 1 aliphatic heterocycles. The van der Waals surface area contributed by atoms with E-state index < -0.39 is 23.8 Å². The predicted octanol–water partition coefficient (Wildman–Crippen LogP) is 4.91. The van der Waals surface area contributed by atoms with Gasteiger partial charge in [0.25, 0.3) is 11.8 Å². The molecule has 1 heterocycles. The second-order valence-corrected chi connectivity index (χ2v) is 8.96. The summed E-state index contributed by atoms with van der Waals surface area (Å²) in [5.74, 6) is -2.16. The zero-order valence-corrected chi connectivity index (χ0v) is 21.5. The van der Waals surface area contributed by atoms with E-state index in [0.717, 1.165) is 16.0 Å². The average molecular weight is 535 g/mol. The smallest absolute Gasteiger partial charge is 0.335 e. The summed E-state index contributed by atoms with van der Waals surface area (Å²) in [5.41, 5.74) is 3.19. The molecule has 4 amide bonds. The number of rotatable bonds is 7. The van der Waals surface area contributed by atoms with Gasteiger partial charge in [0.2, 0.25) is 0 Å². The number of anilines is 1. The summed E-state index contributed by atoms with van der Waals surface area (Å²) in [7, 11) is 1.41. The van der Waals surface area contributed by atoms with E-state index in [0.29, 0.717) is 16.8 Å². The van der Waals surface area contributed by atoms with Crippen LogP contribution < -0.4 is 19.7 Å². The summed E-state index contributed by atoms with van der Waals surface area (Å²) in [6.45, 7) is 3.85. The first-order valence-corrected chi connectivity index (χ1v) is 11.8. The summed E-state index contributed by atoms with van der Waals surface area (Å²) in [6.07, 6.45) is 1.32. The molecular weight excluding hydrogens is 512 g/mol. The molecule has 0 spiro atoms. The molecule has 0 atom stereocenters. The van der Waals surface area contributed by atoms with Gasteiger partial charge in [-0.2, -0.15) is 0 Å². The molecular formula is C28H23ClN2O7. The third-order valence-corrected chi connectivity index (χ3v) is 6.28. The molecule has 1 fully saturated rings. The van der Waals surface area contributed by atoms with Gasteiger partial charge >= 0.3 is 12.0 Å². The number of benzene rings is 3. The third kappa shape index (κ3) is 5.37. The van der Waals surface area contributed by atoms with E-state index in [1.165, 1.54) is 31.4 Å². The Labute approximate surface area is 223 Å². The largest absolute Gasteiger partial charge is 0.493 e. The van der Waals surface area contributed by atoms with Gasteiger partial charge in [0.15, 0.2) is 11.5 Å². The Morgan fingerprint density at radius 1 is 1.03 bits per heavy atom. The molecule has 194 valence electrons. The number of carboxylic acids is 1. The van der Waals surface area contributed by atoms with Crippen LogP contribution in [0.15, 0.2) is 60.2 Å². The summed E-state index contributed by atoms with van der Waals surface area (Å²) < 4.78 is 11.2. The van der Waals surface area contributed by atoms with Gasteiger partial charge in [-0.3, -0.25) is 14.9 Å². The minimum absolute atomic E-state index is 0.0876. The van der Waals surface area contributed by atoms with Crippen molar-refractivity contribution in [3.8, 4) is 11.5 Å². The zero-order chi connectivity index (χ0) is 27.6. The maximum atomic E-state index is 13.2. The Bertz CT molecular complexity index is 1500. The fourth-order valence-corrected chi connectivity index (χ4v) is 4.06. The number of aromatic carboxylic acids is 1. The van der Waals surface area contributed by atoms with Crippen molar-refractivity contribution in [3.63, 3.8) is 0 Å². The van der Waals surface area contributed by atoms with Gasteiger partial charge in [-0.15, -0.1) is 0 Å². The maximum absolute atomic E-state index is 13.2. The lowest BCUT2D eigenvalue weighted by Gasteiger charge is -2.27. The lowest BCUT2D eigenvalue weighted by Crippen LogP contribution is -2.54. The highest BCUT2D eigenvalue weighted by Crippen LogP contribution is 2.38. The number of methoxy groups -OCH3 is 1. The fourth-order valence-electron chi connectivity index (χ4n) is 3.79. The highest BCUT2D eigenvalue weighted by atomic mass is 35.5. The lowest BCUT2D eigenvalue weighted by atomic mass is 10.0. The number of ether oxygens (including phenoxy) is 2. The Morgan fingerprint density at radius 3 is 2.37 bits per heavy atom. The van der Waals surface area contributed by atoms with Gasteiger partial charge < -0.3 is 14.6 Å². The van der Waals surface area contributed by atoms with Crippen LogP contribution in [0.2, 0.25) is 5.02 Å². The molecule has 10 heteroatoms. The molecule has 0 radical (unpaired) electrons. The predicted molar refractivity (Wildman–Crippen MR) is 141 cm³/mol. The number of aryl methyl sites for hydroxylation is 2. The number of imide groups is 2. The van der Waals surface area contributed by atoms with E-state index in [9.17, 15) is 19.2 Å². The molecule has 1 aliphatic rings. The van der Waals surface area contributed by atoms with Crippen LogP contribution in [0.4, 0.5) is 10.5 Å². The van der Waals surface area contributed by atoms with E-state index in [1.807, 2.05) is 13.8 Å². The SMILES string of the molecule is COc1cc(/C=C2\C(=O)NC(=O)N(c3ccc(C)c(C)c3)C2=O)cc(Cl)c1OCc1ccc(C(=O)O)cc1. The van der Waals surface area contributed by atoms with Gasteiger partial charge in [0.05, 0.1) is 23.4 Å². The van der Waals surface area contributed by atoms with Gasteiger partial charge in [-0.25, -0.2) is 14.5 Å². The van der Waals surface area contributed by atoms with Crippen LogP contribution in [0.25, 0.3) is 6.08 Å². The summed E-state index contributed by atoms with van der Waals surface area (Å²) in [5, 5.41) is 11.4. The van der Waals surface area contributed by atoms with Crippen LogP contribution in [0, 0.1) is 13.8 Å². The Balaban J connectivity index is 1.61. The number of urea groups is 1. The van der Waals surface area contributed by atoms with Crippen molar-refractivity contribution in [2.45, 2.75) is 20.5 Å². The summed E-state index contributed by atoms with van der Waals surface area (Å²) in [4.78, 5) is 50.3. The number of nitrogens with zero attached hydrogens (tertiary/aromatic N) is 1. The third-order valence-electron chi connectivity index (χ3n) is 6.00. The van der Waals surface area contributed by atoms with Crippen LogP contribution in [0.5, 0.6) is 11.5 Å². The molecule has 3 aromatic carbocycles. The molecule has 9 nitrogen and oxygen atoms in total. The van der Waals surface area contributed by atoms with Gasteiger partial charge in [0, 0.05) is 0 Å². The van der Waals surface area contributed by atoms with Crippen LogP contribution in [0.1, 0.15) is 32.6 Å². The van der Waals surface area contributed by atoms with E-state index in [2.05, 4.69) is 5.32 Å². The molecule has 0 aromatic heterocycles. The standard InChI is InChI=1S/C28H23ClN2O7/c1-15-4-9-20(10-16(15)2)31-26(33)21(25(32)30-28(31)36)11-18-12-22(29)24(23(13-18)37-3)38-14-17-5-7-19(8-6-17)27(34)35/h4-13H,14H2,1-3H3,(H,34,35)(H,30,32,36)/b21-11+. The molecule has 2 N–H and O–H groups in total. The molecule has 0 saturated carbocycles. The van der Waals surface area contributed by atoms with Gasteiger partial charge in [-0.1, -0.05) is 29.8 Å². The first-order valence-electron chi connectivity index (χ1n) is 11.4. The van der Waals surface area contributed by atoms with Crippen molar-refractivity contribution >= 4 is 47.2 Å². The molecule has 0 bridgehead atoms. The number of amides is 4. The first kappa shape index (κ1) is 26.4. The van der Waals surface area contributed by atoms with Crippen molar-refractivity contribution in [3.05, 3.63) is 93.0 Å². The van der Waals surface area contributed by atoms with Crippen molar-refractivity contribution in [2.24, 2.45) is 0 Å². The van der Waals surface area contributed by atoms with E-state index in [-0.39, 0.29) is 34.3 Å². The average Bonchev–Trinajstić information content (AvgIpc) is 2.87. The van der Waals surface area contributed by atoms with Crippen molar-refractivity contribution < 1.29 is 33.8 Å². The fraction of sp³-hybridized carbons (Fsp3) is 0.143.